The molecule has 2 aliphatic rings. The first-order valence-electron chi connectivity index (χ1n) is 8.15. The molecule has 4 rings (SSSR count). The van der Waals surface area contributed by atoms with Crippen molar-refractivity contribution in [3.8, 4) is 0 Å². The number of halogens is 1. The van der Waals surface area contributed by atoms with Crippen LogP contribution in [0.1, 0.15) is 50.3 Å². The lowest BCUT2D eigenvalue weighted by molar-refractivity contribution is -0.117. The lowest BCUT2D eigenvalue weighted by Gasteiger charge is -2.14. The predicted octanol–water partition coefficient (Wildman–Crippen LogP) is 3.58. The number of amides is 1. The summed E-state index contributed by atoms with van der Waals surface area (Å²) in [6.07, 6.45) is 6.05. The van der Waals surface area contributed by atoms with Crippen LogP contribution in [0, 0.1) is 5.92 Å². The molecule has 0 unspecified atom stereocenters. The lowest BCUT2D eigenvalue weighted by Crippen LogP contribution is -2.28. The predicted molar refractivity (Wildman–Crippen MR) is 91.8 cm³/mol. The highest BCUT2D eigenvalue weighted by molar-refractivity contribution is 5.92. The molecule has 23 heavy (non-hydrogen) atoms. The van der Waals surface area contributed by atoms with Crippen molar-refractivity contribution >= 4 is 35.1 Å². The van der Waals surface area contributed by atoms with Crippen LogP contribution in [0.4, 0.5) is 5.69 Å². The second kappa shape index (κ2) is 6.49. The van der Waals surface area contributed by atoms with E-state index in [4.69, 9.17) is 10.2 Å². The maximum atomic E-state index is 12.2. The number of anilines is 1. The van der Waals surface area contributed by atoms with Crippen molar-refractivity contribution in [1.29, 1.82) is 0 Å². The molecule has 2 fully saturated rings. The van der Waals surface area contributed by atoms with E-state index >= 15 is 0 Å². The summed E-state index contributed by atoms with van der Waals surface area (Å²) in [7, 11) is 0. The summed E-state index contributed by atoms with van der Waals surface area (Å²) in [5, 5.41) is 2.95. The summed E-state index contributed by atoms with van der Waals surface area (Å²) in [6, 6.07) is 5.82. The Labute approximate surface area is 141 Å². The van der Waals surface area contributed by atoms with Gasteiger partial charge in [0.15, 0.2) is 11.5 Å². The average Bonchev–Trinajstić information content (AvgIpc) is 3.14. The van der Waals surface area contributed by atoms with Gasteiger partial charge in [0, 0.05) is 30.1 Å². The third kappa shape index (κ3) is 3.51. The Morgan fingerprint density at radius 2 is 2.13 bits per heavy atom. The highest BCUT2D eigenvalue weighted by Crippen LogP contribution is 2.40. The first-order chi connectivity index (χ1) is 10.7. The molecule has 6 heteroatoms. The number of hydrogen-bond acceptors (Lipinski definition) is 4. The minimum Gasteiger partial charge on any atom is -0.440 e. The van der Waals surface area contributed by atoms with Gasteiger partial charge < -0.3 is 15.5 Å². The first kappa shape index (κ1) is 16.3. The van der Waals surface area contributed by atoms with E-state index in [1.54, 1.807) is 0 Å². The van der Waals surface area contributed by atoms with Gasteiger partial charge in [-0.1, -0.05) is 6.42 Å². The lowest BCUT2D eigenvalue weighted by atomic mass is 10.00. The number of nitrogens with one attached hydrogen (secondary N) is 1. The van der Waals surface area contributed by atoms with Crippen LogP contribution in [0.2, 0.25) is 0 Å². The molecule has 2 aliphatic carbocycles. The van der Waals surface area contributed by atoms with E-state index in [1.807, 2.05) is 18.2 Å². The number of hydrogen-bond donors (Lipinski definition) is 2. The Kier molecular flexibility index (Phi) is 4.60. The maximum absolute atomic E-state index is 12.2. The summed E-state index contributed by atoms with van der Waals surface area (Å²) < 4.78 is 5.78. The minimum atomic E-state index is 0. The molecule has 0 bridgehead atoms. The van der Waals surface area contributed by atoms with Crippen molar-refractivity contribution in [3.63, 3.8) is 0 Å². The number of carbonyl (C=O) groups is 1. The van der Waals surface area contributed by atoms with E-state index in [2.05, 4.69) is 10.3 Å². The zero-order chi connectivity index (χ0) is 15.1. The van der Waals surface area contributed by atoms with Crippen LogP contribution in [0.25, 0.3) is 11.1 Å². The highest BCUT2D eigenvalue weighted by atomic mass is 35.5. The van der Waals surface area contributed by atoms with E-state index in [0.717, 1.165) is 54.8 Å². The zero-order valence-electron chi connectivity index (χ0n) is 13.0. The summed E-state index contributed by atoms with van der Waals surface area (Å²) >= 11 is 0. The number of rotatable bonds is 4. The molecule has 1 heterocycles. The van der Waals surface area contributed by atoms with Crippen molar-refractivity contribution in [2.24, 2.45) is 11.7 Å². The van der Waals surface area contributed by atoms with Gasteiger partial charge >= 0.3 is 0 Å². The molecular weight excluding hydrogens is 314 g/mol. The van der Waals surface area contributed by atoms with Crippen LogP contribution < -0.4 is 11.1 Å². The number of carbonyl (C=O) groups excluding carboxylic acids is 1. The Bertz CT molecular complexity index is 711. The van der Waals surface area contributed by atoms with E-state index in [9.17, 15) is 4.79 Å². The van der Waals surface area contributed by atoms with Gasteiger partial charge in [0.2, 0.25) is 5.91 Å². The SMILES string of the molecule is Cl.N[C@@H]1CCC[C@H]1CC(=O)Nc1ccc2nc(C3CC3)oc2c1. The molecule has 1 aromatic heterocycles. The number of nitrogens with zero attached hydrogens (tertiary/aromatic N) is 1. The first-order valence-corrected chi connectivity index (χ1v) is 8.15. The molecule has 2 atom stereocenters. The molecular formula is C17H22ClN3O2. The van der Waals surface area contributed by atoms with Gasteiger partial charge in [-0.25, -0.2) is 4.98 Å². The zero-order valence-corrected chi connectivity index (χ0v) is 13.8. The molecule has 2 aromatic rings. The van der Waals surface area contributed by atoms with Crippen molar-refractivity contribution < 1.29 is 9.21 Å². The van der Waals surface area contributed by atoms with Gasteiger partial charge in [-0.2, -0.15) is 0 Å². The maximum Gasteiger partial charge on any atom is 0.224 e. The number of oxazole rings is 1. The quantitative estimate of drug-likeness (QED) is 0.894. The normalized spacial score (nSPS) is 23.7. The summed E-state index contributed by atoms with van der Waals surface area (Å²) in [5.74, 6) is 1.67. The average molecular weight is 336 g/mol. The monoisotopic (exact) mass is 335 g/mol. The van der Waals surface area contributed by atoms with Crippen LogP contribution in [-0.4, -0.2) is 16.9 Å². The molecule has 124 valence electrons. The number of nitrogens with two attached hydrogens (primary N) is 1. The molecule has 0 spiro atoms. The van der Waals surface area contributed by atoms with Gasteiger partial charge in [-0.15, -0.1) is 12.4 Å². The number of aromatic nitrogens is 1. The summed E-state index contributed by atoms with van der Waals surface area (Å²) in [6.45, 7) is 0. The standard InChI is InChI=1S/C17H21N3O2.ClH/c18-13-3-1-2-11(13)8-16(21)19-12-6-7-14-15(9-12)22-17(20-14)10-4-5-10;/h6-7,9-11,13H,1-5,8,18H2,(H,19,21);1H/t11-,13+;/m0./s1. The van der Waals surface area contributed by atoms with Crippen LogP contribution >= 0.6 is 12.4 Å². The Morgan fingerprint density at radius 1 is 1.30 bits per heavy atom. The fraction of sp³-hybridized carbons (Fsp3) is 0.529. The van der Waals surface area contributed by atoms with Crippen LogP contribution in [0.5, 0.6) is 0 Å². The fourth-order valence-electron chi connectivity index (χ4n) is 3.29. The van der Waals surface area contributed by atoms with E-state index in [1.165, 1.54) is 0 Å². The Morgan fingerprint density at radius 3 is 2.83 bits per heavy atom. The molecule has 3 N–H and O–H groups in total. The molecule has 0 aliphatic heterocycles. The summed E-state index contributed by atoms with van der Waals surface area (Å²) in [5.41, 5.74) is 8.40. The largest absolute Gasteiger partial charge is 0.440 e. The van der Waals surface area contributed by atoms with Gasteiger partial charge in [0.1, 0.15) is 5.52 Å². The third-order valence-corrected chi connectivity index (χ3v) is 4.78. The van der Waals surface area contributed by atoms with Crippen LogP contribution in [0.15, 0.2) is 22.6 Å². The van der Waals surface area contributed by atoms with Gasteiger partial charge in [-0.05, 0) is 43.7 Å². The minimum absolute atomic E-state index is 0. The molecule has 0 saturated heterocycles. The van der Waals surface area contributed by atoms with Crippen LogP contribution in [0.3, 0.4) is 0 Å². The van der Waals surface area contributed by atoms with E-state index in [-0.39, 0.29) is 24.4 Å². The fourth-order valence-corrected chi connectivity index (χ4v) is 3.29. The van der Waals surface area contributed by atoms with Crippen molar-refractivity contribution in [1.82, 2.24) is 4.98 Å². The van der Waals surface area contributed by atoms with Crippen molar-refractivity contribution in [2.45, 2.75) is 50.5 Å². The van der Waals surface area contributed by atoms with Gasteiger partial charge in [-0.3, -0.25) is 4.79 Å². The second-order valence-corrected chi connectivity index (χ2v) is 6.62. The van der Waals surface area contributed by atoms with E-state index < -0.39 is 0 Å². The topological polar surface area (TPSA) is 81.2 Å². The molecule has 5 nitrogen and oxygen atoms in total. The third-order valence-electron chi connectivity index (χ3n) is 4.78. The second-order valence-electron chi connectivity index (χ2n) is 6.62. The van der Waals surface area contributed by atoms with E-state index in [0.29, 0.717) is 18.3 Å². The molecule has 1 amide bonds. The Balaban J connectivity index is 0.00000156. The summed E-state index contributed by atoms with van der Waals surface area (Å²) in [4.78, 5) is 16.7. The van der Waals surface area contributed by atoms with Crippen LogP contribution in [-0.2, 0) is 4.79 Å². The molecule has 0 radical (unpaired) electrons. The van der Waals surface area contributed by atoms with Gasteiger partial charge in [0.25, 0.3) is 0 Å². The van der Waals surface area contributed by atoms with Crippen molar-refractivity contribution in [2.75, 3.05) is 5.32 Å². The molecule has 1 aromatic carbocycles. The number of fused-ring (bicyclic) bond motifs is 1. The van der Waals surface area contributed by atoms with Crippen molar-refractivity contribution in [3.05, 3.63) is 24.1 Å². The molecule has 2 saturated carbocycles. The van der Waals surface area contributed by atoms with Gasteiger partial charge in [0.05, 0.1) is 0 Å². The number of benzene rings is 1. The smallest absolute Gasteiger partial charge is 0.224 e. The highest BCUT2D eigenvalue weighted by Gasteiger charge is 2.29. The Hall–Kier alpha value is -1.59.